The second-order valence-corrected chi connectivity index (χ2v) is 6.94. The summed E-state index contributed by atoms with van der Waals surface area (Å²) < 4.78 is 27.3. The standard InChI is InChI=1S/C11H16O6S/c1-11(2)6(8(11)9(12)13)5-7(10(14)17-3)18(4,15)16/h5-6,8H,1-4H3,(H,12,13)/b7-5+. The number of hydrogen-bond donors (Lipinski definition) is 1. The Labute approximate surface area is 106 Å². The maximum absolute atomic E-state index is 11.5. The van der Waals surface area contributed by atoms with E-state index in [0.29, 0.717) is 0 Å². The lowest BCUT2D eigenvalue weighted by Crippen LogP contribution is -2.14. The van der Waals surface area contributed by atoms with Gasteiger partial charge in [-0.05, 0) is 11.3 Å². The summed E-state index contributed by atoms with van der Waals surface area (Å²) in [4.78, 5) is 21.9. The van der Waals surface area contributed by atoms with Gasteiger partial charge in [-0.15, -0.1) is 0 Å². The highest BCUT2D eigenvalue weighted by Crippen LogP contribution is 2.59. The topological polar surface area (TPSA) is 97.7 Å². The molecule has 0 amide bonds. The summed E-state index contributed by atoms with van der Waals surface area (Å²) in [5, 5.41) is 8.98. The quantitative estimate of drug-likeness (QED) is 0.591. The molecule has 0 heterocycles. The minimum atomic E-state index is -3.74. The van der Waals surface area contributed by atoms with Gasteiger partial charge < -0.3 is 9.84 Å². The number of carbonyl (C=O) groups is 2. The average Bonchev–Trinajstić information content (AvgIpc) is 2.74. The van der Waals surface area contributed by atoms with E-state index in [1.807, 2.05) is 0 Å². The molecule has 102 valence electrons. The predicted octanol–water partition coefficient (Wildman–Crippen LogP) is 0.445. The number of carboxylic acids is 1. The maximum atomic E-state index is 11.5. The Hall–Kier alpha value is -1.37. The number of aliphatic carboxylic acids is 1. The first kappa shape index (κ1) is 14.7. The molecular formula is C11H16O6S. The lowest BCUT2D eigenvalue weighted by Gasteiger charge is -2.03. The summed E-state index contributed by atoms with van der Waals surface area (Å²) in [7, 11) is -2.66. The lowest BCUT2D eigenvalue weighted by atomic mass is 10.1. The lowest BCUT2D eigenvalue weighted by molar-refractivity contribution is -0.139. The van der Waals surface area contributed by atoms with Crippen molar-refractivity contribution in [3.05, 3.63) is 11.0 Å². The molecule has 1 saturated carbocycles. The molecule has 0 aromatic heterocycles. The number of rotatable bonds is 4. The van der Waals surface area contributed by atoms with Crippen molar-refractivity contribution in [2.45, 2.75) is 13.8 Å². The number of carbonyl (C=O) groups excluding carboxylic acids is 1. The average molecular weight is 276 g/mol. The first-order valence-electron chi connectivity index (χ1n) is 5.26. The third-order valence-electron chi connectivity index (χ3n) is 3.29. The molecule has 7 heteroatoms. The van der Waals surface area contributed by atoms with Crippen LogP contribution in [0.25, 0.3) is 0 Å². The summed E-state index contributed by atoms with van der Waals surface area (Å²) in [5.74, 6) is -3.14. The smallest absolute Gasteiger partial charge is 0.349 e. The van der Waals surface area contributed by atoms with E-state index in [0.717, 1.165) is 13.4 Å². The van der Waals surface area contributed by atoms with E-state index in [1.165, 1.54) is 6.08 Å². The number of allylic oxidation sites excluding steroid dienone is 1. The van der Waals surface area contributed by atoms with Crippen molar-refractivity contribution in [3.8, 4) is 0 Å². The van der Waals surface area contributed by atoms with Gasteiger partial charge >= 0.3 is 11.9 Å². The minimum Gasteiger partial charge on any atom is -0.481 e. The Morgan fingerprint density at radius 2 is 1.83 bits per heavy atom. The van der Waals surface area contributed by atoms with E-state index >= 15 is 0 Å². The van der Waals surface area contributed by atoms with Crippen molar-refractivity contribution in [3.63, 3.8) is 0 Å². The van der Waals surface area contributed by atoms with Crippen molar-refractivity contribution in [2.24, 2.45) is 17.3 Å². The van der Waals surface area contributed by atoms with Crippen LogP contribution in [0.5, 0.6) is 0 Å². The molecule has 0 spiro atoms. The van der Waals surface area contributed by atoms with Crippen LogP contribution in [0.1, 0.15) is 13.8 Å². The van der Waals surface area contributed by atoms with Gasteiger partial charge in [-0.3, -0.25) is 4.79 Å². The highest BCUT2D eigenvalue weighted by molar-refractivity contribution is 7.95. The molecule has 1 rings (SSSR count). The zero-order chi connectivity index (χ0) is 14.3. The van der Waals surface area contributed by atoms with Crippen molar-refractivity contribution in [2.75, 3.05) is 13.4 Å². The molecule has 6 nitrogen and oxygen atoms in total. The van der Waals surface area contributed by atoms with Crippen molar-refractivity contribution < 1.29 is 27.9 Å². The molecule has 0 saturated heterocycles. The van der Waals surface area contributed by atoms with Gasteiger partial charge in [0.05, 0.1) is 13.0 Å². The van der Waals surface area contributed by atoms with Crippen LogP contribution >= 0.6 is 0 Å². The van der Waals surface area contributed by atoms with Crippen LogP contribution in [-0.4, -0.2) is 38.8 Å². The SMILES string of the molecule is COC(=O)/C(=C\C1C(C(=O)O)C1(C)C)S(C)(=O)=O. The maximum Gasteiger partial charge on any atom is 0.349 e. The van der Waals surface area contributed by atoms with E-state index in [-0.39, 0.29) is 0 Å². The highest BCUT2D eigenvalue weighted by atomic mass is 32.2. The third kappa shape index (κ3) is 2.55. The molecule has 1 fully saturated rings. The van der Waals surface area contributed by atoms with Gasteiger partial charge in [-0.2, -0.15) is 0 Å². The first-order chi connectivity index (χ1) is 8.03. The Bertz CT molecular complexity index is 514. The summed E-state index contributed by atoms with van der Waals surface area (Å²) >= 11 is 0. The first-order valence-corrected chi connectivity index (χ1v) is 7.15. The van der Waals surface area contributed by atoms with Gasteiger partial charge in [0.25, 0.3) is 0 Å². The van der Waals surface area contributed by atoms with E-state index < -0.39 is 43.9 Å². The zero-order valence-electron chi connectivity index (χ0n) is 10.6. The van der Waals surface area contributed by atoms with Gasteiger partial charge in [0, 0.05) is 6.26 Å². The fourth-order valence-electron chi connectivity index (χ4n) is 2.07. The van der Waals surface area contributed by atoms with Gasteiger partial charge in [0.15, 0.2) is 9.84 Å². The molecule has 1 N–H and O–H groups in total. The third-order valence-corrected chi connectivity index (χ3v) is 4.40. The van der Waals surface area contributed by atoms with Crippen molar-refractivity contribution in [1.29, 1.82) is 0 Å². The van der Waals surface area contributed by atoms with E-state index in [1.54, 1.807) is 13.8 Å². The number of ether oxygens (including phenoxy) is 1. The van der Waals surface area contributed by atoms with Crippen molar-refractivity contribution >= 4 is 21.8 Å². The highest BCUT2D eigenvalue weighted by Gasteiger charge is 2.61. The Balaban J connectivity index is 3.15. The molecule has 2 atom stereocenters. The number of carboxylic acid groups (broad SMARTS) is 1. The number of hydrogen-bond acceptors (Lipinski definition) is 5. The molecule has 2 unspecified atom stereocenters. The van der Waals surface area contributed by atoms with Crippen LogP contribution < -0.4 is 0 Å². The number of methoxy groups -OCH3 is 1. The molecule has 0 aromatic rings. The minimum absolute atomic E-state index is 0.480. The van der Waals surface area contributed by atoms with E-state index in [4.69, 9.17) is 5.11 Å². The van der Waals surface area contributed by atoms with Gasteiger partial charge in [0.1, 0.15) is 4.91 Å². The molecular weight excluding hydrogens is 260 g/mol. The fourth-order valence-corrected chi connectivity index (χ4v) is 2.85. The van der Waals surface area contributed by atoms with Crippen LogP contribution in [-0.2, 0) is 24.2 Å². The molecule has 0 aromatic carbocycles. The summed E-state index contributed by atoms with van der Waals surface area (Å²) in [6, 6.07) is 0. The zero-order valence-corrected chi connectivity index (χ0v) is 11.4. The normalized spacial score (nSPS) is 26.6. The summed E-state index contributed by atoms with van der Waals surface area (Å²) in [5.41, 5.74) is -0.560. The van der Waals surface area contributed by atoms with E-state index in [9.17, 15) is 18.0 Å². The van der Waals surface area contributed by atoms with Gasteiger partial charge in [-0.25, -0.2) is 13.2 Å². The Morgan fingerprint density at radius 1 is 1.33 bits per heavy atom. The fraction of sp³-hybridized carbons (Fsp3) is 0.636. The molecule has 0 radical (unpaired) electrons. The van der Waals surface area contributed by atoms with E-state index in [2.05, 4.69) is 4.74 Å². The largest absolute Gasteiger partial charge is 0.481 e. The van der Waals surface area contributed by atoms with Crippen LogP contribution in [0.15, 0.2) is 11.0 Å². The monoisotopic (exact) mass is 276 g/mol. The number of sulfone groups is 1. The summed E-state index contributed by atoms with van der Waals surface area (Å²) in [6.07, 6.45) is 2.08. The Kier molecular flexibility index (Phi) is 3.58. The second kappa shape index (κ2) is 4.38. The van der Waals surface area contributed by atoms with Crippen LogP contribution in [0.2, 0.25) is 0 Å². The molecule has 18 heavy (non-hydrogen) atoms. The molecule has 1 aliphatic carbocycles. The van der Waals surface area contributed by atoms with Gasteiger partial charge in [0.2, 0.25) is 0 Å². The molecule has 0 aliphatic heterocycles. The number of esters is 1. The van der Waals surface area contributed by atoms with Crippen LogP contribution in [0.3, 0.4) is 0 Å². The van der Waals surface area contributed by atoms with Crippen molar-refractivity contribution in [1.82, 2.24) is 0 Å². The summed E-state index contributed by atoms with van der Waals surface area (Å²) in [6.45, 7) is 3.42. The van der Waals surface area contributed by atoms with Gasteiger partial charge in [-0.1, -0.05) is 19.9 Å². The Morgan fingerprint density at radius 3 is 2.11 bits per heavy atom. The second-order valence-electron chi connectivity index (χ2n) is 4.96. The van der Waals surface area contributed by atoms with Crippen LogP contribution in [0.4, 0.5) is 0 Å². The molecule has 1 aliphatic rings. The predicted molar refractivity (Wildman–Crippen MR) is 63.3 cm³/mol. The van der Waals surface area contributed by atoms with Crippen LogP contribution in [0, 0.1) is 17.3 Å². The molecule has 0 bridgehead atoms.